The number of para-hydroxylation sites is 4. The van der Waals surface area contributed by atoms with Crippen molar-refractivity contribution >= 4 is 55.7 Å². The molecule has 0 radical (unpaired) electrons. The Morgan fingerprint density at radius 3 is 1.85 bits per heavy atom. The van der Waals surface area contributed by atoms with E-state index in [2.05, 4.69) is 207 Å². The first-order chi connectivity index (χ1) is 26.8. The second kappa shape index (κ2) is 14.7. The van der Waals surface area contributed by atoms with Gasteiger partial charge in [0.2, 0.25) is 0 Å². The van der Waals surface area contributed by atoms with Crippen LogP contribution in [0.15, 0.2) is 188 Å². The van der Waals surface area contributed by atoms with E-state index in [1.165, 1.54) is 0 Å². The van der Waals surface area contributed by atoms with E-state index in [4.69, 9.17) is 0 Å². The molecule has 10 rings (SSSR count). The molecule has 1 aliphatic rings. The summed E-state index contributed by atoms with van der Waals surface area (Å²) in [6, 6.07) is 69.4. The number of benzene rings is 7. The topological polar surface area (TPSA) is 37.2 Å². The van der Waals surface area contributed by atoms with Gasteiger partial charge in [-0.25, -0.2) is 9.97 Å². The fourth-order valence-electron chi connectivity index (χ4n) is 7.61. The molecule has 5 nitrogen and oxygen atoms in total. The molecule has 6 heteroatoms. The van der Waals surface area contributed by atoms with Crippen molar-refractivity contribution in [1.82, 2.24) is 14.5 Å². The molecule has 9 aromatic rings. The third kappa shape index (κ3) is 6.13. The second-order valence-electron chi connectivity index (χ2n) is 13.2. The van der Waals surface area contributed by atoms with Crippen molar-refractivity contribution in [1.29, 1.82) is 0 Å². The third-order valence-corrected chi connectivity index (χ3v) is 10.00. The number of nitrogens with zero attached hydrogens (tertiary/aromatic N) is 5. The first kappa shape index (κ1) is 34.2. The molecule has 3 heterocycles. The van der Waals surface area contributed by atoms with Crippen LogP contribution in [0, 0.1) is 18.8 Å². The van der Waals surface area contributed by atoms with E-state index in [-0.39, 0.29) is 21.1 Å². The molecule has 0 saturated carbocycles. The molecule has 0 atom stereocenters. The molecular formula is C49H32N5Pt-3. The average Bonchev–Trinajstić information content (AvgIpc) is 3.80. The molecule has 0 unspecified atom stereocenters. The van der Waals surface area contributed by atoms with Crippen molar-refractivity contribution in [2.24, 2.45) is 0 Å². The molecule has 0 aliphatic carbocycles. The molecule has 0 amide bonds. The minimum absolute atomic E-state index is 0. The molecule has 0 spiro atoms. The number of fused-ring (bicyclic) bond motifs is 4. The van der Waals surface area contributed by atoms with Gasteiger partial charge >= 0.3 is 0 Å². The number of rotatable bonds is 7. The van der Waals surface area contributed by atoms with Crippen LogP contribution in [0.2, 0.25) is 0 Å². The van der Waals surface area contributed by atoms with Gasteiger partial charge in [-0.05, 0) is 64.0 Å². The first-order valence-corrected chi connectivity index (χ1v) is 18.0. The van der Waals surface area contributed by atoms with Gasteiger partial charge < -0.3 is 14.4 Å². The second-order valence-corrected chi connectivity index (χ2v) is 13.2. The largest absolute Gasteiger partial charge is 0.488 e. The van der Waals surface area contributed by atoms with Gasteiger partial charge in [0.15, 0.2) is 0 Å². The Hall–Kier alpha value is -6.55. The van der Waals surface area contributed by atoms with Crippen molar-refractivity contribution in [2.45, 2.75) is 0 Å². The van der Waals surface area contributed by atoms with Crippen molar-refractivity contribution < 1.29 is 21.1 Å². The molecule has 1 aliphatic heterocycles. The fraction of sp³-hybridized carbons (Fsp3) is 0. The Morgan fingerprint density at radius 1 is 0.509 bits per heavy atom. The molecule has 7 aromatic carbocycles. The van der Waals surface area contributed by atoms with Gasteiger partial charge in [-0.3, -0.25) is 0 Å². The minimum atomic E-state index is 0. The molecule has 55 heavy (non-hydrogen) atoms. The van der Waals surface area contributed by atoms with Crippen molar-refractivity contribution in [2.75, 3.05) is 9.80 Å². The van der Waals surface area contributed by atoms with E-state index in [0.717, 1.165) is 83.8 Å². The van der Waals surface area contributed by atoms with Gasteiger partial charge in [0.05, 0.1) is 0 Å². The average molecular weight is 886 g/mol. The SMILES string of the molecule is [Pt].[c-]1c(C(=C(c2ccccc2)c2ccccc2)c2[c-]c3c(cc2)c2ccccc2n3-c2ccncn2)cccc1N1[CH-]N(c2ccccc2)c2ccccc21. The quantitative estimate of drug-likeness (QED) is 0.118. The van der Waals surface area contributed by atoms with Gasteiger partial charge in [0.25, 0.3) is 0 Å². The van der Waals surface area contributed by atoms with Crippen LogP contribution in [-0.2, 0) is 21.1 Å². The van der Waals surface area contributed by atoms with Gasteiger partial charge in [0, 0.05) is 49.8 Å². The van der Waals surface area contributed by atoms with Crippen LogP contribution in [0.3, 0.4) is 0 Å². The van der Waals surface area contributed by atoms with E-state index in [9.17, 15) is 0 Å². The van der Waals surface area contributed by atoms with E-state index >= 15 is 0 Å². The molecular weight excluding hydrogens is 854 g/mol. The predicted octanol–water partition coefficient (Wildman–Crippen LogP) is 11.6. The van der Waals surface area contributed by atoms with Crippen LogP contribution in [0.1, 0.15) is 22.3 Å². The van der Waals surface area contributed by atoms with Gasteiger partial charge in [-0.2, -0.15) is 0 Å². The van der Waals surface area contributed by atoms with E-state index in [1.54, 1.807) is 12.5 Å². The summed E-state index contributed by atoms with van der Waals surface area (Å²) in [5.41, 5.74) is 12.5. The fourth-order valence-corrected chi connectivity index (χ4v) is 7.61. The Balaban J connectivity index is 0.00000397. The summed E-state index contributed by atoms with van der Waals surface area (Å²) in [5.74, 6) is 0.793. The van der Waals surface area contributed by atoms with E-state index < -0.39 is 0 Å². The van der Waals surface area contributed by atoms with Gasteiger partial charge in [0.1, 0.15) is 12.1 Å². The Kier molecular flexibility index (Phi) is 9.15. The summed E-state index contributed by atoms with van der Waals surface area (Å²) in [5, 5.41) is 2.25. The smallest absolute Gasteiger partial charge is 0.139 e. The van der Waals surface area contributed by atoms with Crippen LogP contribution in [0.4, 0.5) is 22.7 Å². The van der Waals surface area contributed by atoms with E-state index in [1.807, 2.05) is 12.1 Å². The molecule has 266 valence electrons. The van der Waals surface area contributed by atoms with Gasteiger partial charge in [-0.1, -0.05) is 120 Å². The Bertz CT molecular complexity index is 2760. The number of aromatic nitrogens is 3. The van der Waals surface area contributed by atoms with Crippen LogP contribution in [0.25, 0.3) is 38.8 Å². The van der Waals surface area contributed by atoms with Crippen LogP contribution < -0.4 is 9.80 Å². The predicted molar refractivity (Wildman–Crippen MR) is 220 cm³/mol. The molecule has 0 fully saturated rings. The van der Waals surface area contributed by atoms with E-state index in [0.29, 0.717) is 0 Å². The van der Waals surface area contributed by atoms with Crippen LogP contribution in [-0.4, -0.2) is 14.5 Å². The Morgan fingerprint density at radius 2 is 1.15 bits per heavy atom. The van der Waals surface area contributed by atoms with Gasteiger partial charge in [-0.15, -0.1) is 65.8 Å². The zero-order valence-electron chi connectivity index (χ0n) is 29.5. The van der Waals surface area contributed by atoms with Crippen LogP contribution in [0.5, 0.6) is 0 Å². The normalized spacial score (nSPS) is 12.1. The van der Waals surface area contributed by atoms with Crippen molar-refractivity contribution in [3.05, 3.63) is 230 Å². The zero-order chi connectivity index (χ0) is 35.8. The maximum Gasteiger partial charge on any atom is 0.139 e. The molecule has 0 saturated heterocycles. The zero-order valence-corrected chi connectivity index (χ0v) is 31.8. The van der Waals surface area contributed by atoms with Crippen molar-refractivity contribution in [3.63, 3.8) is 0 Å². The maximum atomic E-state index is 4.69. The van der Waals surface area contributed by atoms with Crippen LogP contribution >= 0.6 is 0 Å². The molecule has 0 N–H and O–H groups in total. The number of anilines is 4. The molecule has 0 bridgehead atoms. The summed E-state index contributed by atoms with van der Waals surface area (Å²) in [4.78, 5) is 13.4. The number of hydrogen-bond donors (Lipinski definition) is 0. The Labute approximate surface area is 334 Å². The standard InChI is InChI=1S/C49H32N5.Pt/c1-4-15-35(16-5-1)48(36-17-6-2-7-18-36)49(38-27-28-42-41-23-10-11-24-43(41)54(46(42)32-38)47-29-30-50-33-51-47)37-19-14-22-40(31-37)53-34-52(39-20-8-3-9-21-39)44-25-12-13-26-45(44)53;/h1-30,33-34H;/q-3;. The van der Waals surface area contributed by atoms with Crippen molar-refractivity contribution in [3.8, 4) is 5.82 Å². The molecule has 2 aromatic heterocycles. The minimum Gasteiger partial charge on any atom is -0.488 e. The maximum absolute atomic E-state index is 4.69. The summed E-state index contributed by atoms with van der Waals surface area (Å²) in [6.45, 7) is 2.16. The summed E-state index contributed by atoms with van der Waals surface area (Å²) >= 11 is 0. The summed E-state index contributed by atoms with van der Waals surface area (Å²) < 4.78 is 2.19. The first-order valence-electron chi connectivity index (χ1n) is 18.0. The summed E-state index contributed by atoms with van der Waals surface area (Å²) in [6.07, 6.45) is 3.38. The summed E-state index contributed by atoms with van der Waals surface area (Å²) in [7, 11) is 0. The number of hydrogen-bond acceptors (Lipinski definition) is 4. The third-order valence-electron chi connectivity index (χ3n) is 10.00. The monoisotopic (exact) mass is 885 g/mol.